The van der Waals surface area contributed by atoms with Crippen molar-refractivity contribution in [3.05, 3.63) is 65.0 Å². The summed E-state index contributed by atoms with van der Waals surface area (Å²) in [7, 11) is 0. The van der Waals surface area contributed by atoms with Crippen molar-refractivity contribution >= 4 is 17.6 Å². The molecule has 5 nitrogen and oxygen atoms in total. The number of esters is 1. The zero-order valence-corrected chi connectivity index (χ0v) is 16.4. The second-order valence-corrected chi connectivity index (χ2v) is 7.59. The fraction of sp³-hybridized carbons (Fsp3) is 0.391. The predicted octanol–water partition coefficient (Wildman–Crippen LogP) is 3.21. The van der Waals surface area contributed by atoms with E-state index in [0.717, 1.165) is 19.3 Å². The zero-order valence-electron chi connectivity index (χ0n) is 16.4. The molecule has 0 unspecified atom stereocenters. The van der Waals surface area contributed by atoms with Crippen LogP contribution in [-0.4, -0.2) is 49.6 Å². The molecule has 2 aromatic carbocycles. The van der Waals surface area contributed by atoms with E-state index < -0.39 is 5.97 Å². The number of hydrogen-bond acceptors (Lipinski definition) is 4. The van der Waals surface area contributed by atoms with E-state index in [9.17, 15) is 14.0 Å². The van der Waals surface area contributed by atoms with Crippen LogP contribution in [0, 0.1) is 5.82 Å². The molecule has 0 spiro atoms. The lowest BCUT2D eigenvalue weighted by Crippen LogP contribution is -2.50. The van der Waals surface area contributed by atoms with E-state index in [-0.39, 0.29) is 18.3 Å². The maximum Gasteiger partial charge on any atom is 0.338 e. The van der Waals surface area contributed by atoms with E-state index in [1.165, 1.54) is 23.6 Å². The average Bonchev–Trinajstić information content (AvgIpc) is 2.77. The van der Waals surface area contributed by atoms with Gasteiger partial charge in [-0.15, -0.1) is 0 Å². The standard InChI is InChI=1S/C23H25FN2O3/c24-20-7-3-4-8-21(20)25-11-13-26(14-12-25)22(27)16-29-23(28)19-10-9-17-5-1-2-6-18(17)15-19/h3-4,7-10,15H,1-2,5-6,11-14,16H2. The van der Waals surface area contributed by atoms with Crippen LogP contribution in [0.1, 0.15) is 34.3 Å². The summed E-state index contributed by atoms with van der Waals surface area (Å²) in [6, 6.07) is 12.3. The Balaban J connectivity index is 1.28. The number of piperazine rings is 1. The molecule has 29 heavy (non-hydrogen) atoms. The summed E-state index contributed by atoms with van der Waals surface area (Å²) in [4.78, 5) is 28.4. The number of anilines is 1. The van der Waals surface area contributed by atoms with Gasteiger partial charge in [-0.05, 0) is 61.1 Å². The van der Waals surface area contributed by atoms with Crippen molar-refractivity contribution in [2.24, 2.45) is 0 Å². The van der Waals surface area contributed by atoms with E-state index in [2.05, 4.69) is 0 Å². The molecule has 1 heterocycles. The molecule has 0 atom stereocenters. The summed E-state index contributed by atoms with van der Waals surface area (Å²) in [5, 5.41) is 0. The number of rotatable bonds is 4. The van der Waals surface area contributed by atoms with Gasteiger partial charge in [0.15, 0.2) is 6.61 Å². The minimum absolute atomic E-state index is 0.218. The van der Waals surface area contributed by atoms with Crippen LogP contribution >= 0.6 is 0 Å². The monoisotopic (exact) mass is 396 g/mol. The molecule has 0 saturated carbocycles. The van der Waals surface area contributed by atoms with Gasteiger partial charge in [0.2, 0.25) is 0 Å². The maximum atomic E-state index is 13.9. The smallest absolute Gasteiger partial charge is 0.338 e. The SMILES string of the molecule is O=C(OCC(=O)N1CCN(c2ccccc2F)CC1)c1ccc2c(c1)CCCC2. The number of ether oxygens (including phenoxy) is 1. The van der Waals surface area contributed by atoms with Gasteiger partial charge < -0.3 is 14.5 Å². The van der Waals surface area contributed by atoms with Crippen LogP contribution < -0.4 is 4.90 Å². The molecule has 6 heteroatoms. The Labute approximate surface area is 170 Å². The highest BCUT2D eigenvalue weighted by molar-refractivity contribution is 5.91. The van der Waals surface area contributed by atoms with Crippen LogP contribution in [0.15, 0.2) is 42.5 Å². The highest BCUT2D eigenvalue weighted by Gasteiger charge is 2.24. The van der Waals surface area contributed by atoms with E-state index in [1.807, 2.05) is 17.0 Å². The first-order chi connectivity index (χ1) is 14.1. The lowest BCUT2D eigenvalue weighted by Gasteiger charge is -2.36. The Morgan fingerprint density at radius 3 is 2.41 bits per heavy atom. The number of benzene rings is 2. The number of hydrogen-bond donors (Lipinski definition) is 0. The third-order valence-corrected chi connectivity index (χ3v) is 5.74. The molecule has 1 aliphatic carbocycles. The third kappa shape index (κ3) is 4.42. The van der Waals surface area contributed by atoms with Crippen LogP contribution in [0.5, 0.6) is 0 Å². The van der Waals surface area contributed by atoms with Gasteiger partial charge in [0.1, 0.15) is 5.82 Å². The van der Waals surface area contributed by atoms with Crippen molar-refractivity contribution in [2.45, 2.75) is 25.7 Å². The summed E-state index contributed by atoms with van der Waals surface area (Å²) >= 11 is 0. The molecule has 152 valence electrons. The zero-order chi connectivity index (χ0) is 20.2. The van der Waals surface area contributed by atoms with Crippen molar-refractivity contribution in [1.82, 2.24) is 4.90 Å². The fourth-order valence-corrected chi connectivity index (χ4v) is 4.07. The van der Waals surface area contributed by atoms with Crippen LogP contribution in [0.2, 0.25) is 0 Å². The first-order valence-electron chi connectivity index (χ1n) is 10.2. The number of amides is 1. The Bertz CT molecular complexity index is 907. The van der Waals surface area contributed by atoms with Gasteiger partial charge in [0, 0.05) is 26.2 Å². The minimum Gasteiger partial charge on any atom is -0.452 e. The van der Waals surface area contributed by atoms with Gasteiger partial charge in [-0.2, -0.15) is 0 Å². The first-order valence-corrected chi connectivity index (χ1v) is 10.2. The number of carbonyl (C=O) groups is 2. The lowest BCUT2D eigenvalue weighted by molar-refractivity contribution is -0.134. The molecule has 1 saturated heterocycles. The molecule has 0 radical (unpaired) electrons. The Kier molecular flexibility index (Phi) is 5.79. The van der Waals surface area contributed by atoms with Crippen molar-refractivity contribution in [3.8, 4) is 0 Å². The van der Waals surface area contributed by atoms with Gasteiger partial charge in [0.05, 0.1) is 11.3 Å². The highest BCUT2D eigenvalue weighted by atomic mass is 19.1. The Morgan fingerprint density at radius 2 is 1.66 bits per heavy atom. The van der Waals surface area contributed by atoms with Gasteiger partial charge in [0.25, 0.3) is 5.91 Å². The number of para-hydroxylation sites is 1. The summed E-state index contributed by atoms with van der Waals surface area (Å²) in [6.07, 6.45) is 4.38. The van der Waals surface area contributed by atoms with Gasteiger partial charge in [-0.1, -0.05) is 18.2 Å². The second kappa shape index (κ2) is 8.64. The van der Waals surface area contributed by atoms with Gasteiger partial charge in [-0.3, -0.25) is 4.79 Å². The normalized spacial score (nSPS) is 16.3. The van der Waals surface area contributed by atoms with Crippen molar-refractivity contribution in [1.29, 1.82) is 0 Å². The van der Waals surface area contributed by atoms with Crippen LogP contribution in [0.25, 0.3) is 0 Å². The molecule has 1 fully saturated rings. The van der Waals surface area contributed by atoms with E-state index in [0.29, 0.717) is 37.4 Å². The summed E-state index contributed by atoms with van der Waals surface area (Å²) in [6.45, 7) is 1.78. The highest BCUT2D eigenvalue weighted by Crippen LogP contribution is 2.23. The molecule has 0 N–H and O–H groups in total. The maximum absolute atomic E-state index is 13.9. The largest absolute Gasteiger partial charge is 0.452 e. The average molecular weight is 396 g/mol. The van der Waals surface area contributed by atoms with Crippen molar-refractivity contribution < 1.29 is 18.7 Å². The Morgan fingerprint density at radius 1 is 0.931 bits per heavy atom. The van der Waals surface area contributed by atoms with Crippen LogP contribution in [0.3, 0.4) is 0 Å². The van der Waals surface area contributed by atoms with Crippen LogP contribution in [-0.2, 0) is 22.4 Å². The van der Waals surface area contributed by atoms with E-state index in [1.54, 1.807) is 29.2 Å². The molecule has 2 aromatic rings. The predicted molar refractivity (Wildman–Crippen MR) is 109 cm³/mol. The molecule has 0 bridgehead atoms. The van der Waals surface area contributed by atoms with E-state index in [4.69, 9.17) is 4.74 Å². The van der Waals surface area contributed by atoms with E-state index >= 15 is 0 Å². The number of aryl methyl sites for hydroxylation is 2. The summed E-state index contributed by atoms with van der Waals surface area (Å²) < 4.78 is 19.2. The third-order valence-electron chi connectivity index (χ3n) is 5.74. The molecule has 1 aliphatic heterocycles. The molecule has 1 amide bonds. The van der Waals surface area contributed by atoms with Crippen LogP contribution in [0.4, 0.5) is 10.1 Å². The number of carbonyl (C=O) groups excluding carboxylic acids is 2. The molecular weight excluding hydrogens is 371 g/mol. The number of fused-ring (bicyclic) bond motifs is 1. The number of nitrogens with zero attached hydrogens (tertiary/aromatic N) is 2. The quantitative estimate of drug-likeness (QED) is 0.745. The first kappa shape index (κ1) is 19.4. The summed E-state index contributed by atoms with van der Waals surface area (Å²) in [5.41, 5.74) is 3.57. The summed E-state index contributed by atoms with van der Waals surface area (Å²) in [5.74, 6) is -0.938. The topological polar surface area (TPSA) is 49.9 Å². The molecular formula is C23H25FN2O3. The van der Waals surface area contributed by atoms with Crippen molar-refractivity contribution in [3.63, 3.8) is 0 Å². The second-order valence-electron chi connectivity index (χ2n) is 7.59. The number of halogens is 1. The molecule has 0 aromatic heterocycles. The van der Waals surface area contributed by atoms with Gasteiger partial charge in [-0.25, -0.2) is 9.18 Å². The Hall–Kier alpha value is -2.89. The lowest BCUT2D eigenvalue weighted by atomic mass is 9.90. The molecule has 4 rings (SSSR count). The minimum atomic E-state index is -0.461. The van der Waals surface area contributed by atoms with Gasteiger partial charge >= 0.3 is 5.97 Å². The van der Waals surface area contributed by atoms with Crippen molar-refractivity contribution in [2.75, 3.05) is 37.7 Å². The fourth-order valence-electron chi connectivity index (χ4n) is 4.07. The molecule has 2 aliphatic rings.